The highest BCUT2D eigenvalue weighted by atomic mass is 127. The molecule has 2 aliphatic rings. The molecule has 1 aliphatic heterocycles. The van der Waals surface area contributed by atoms with Crippen molar-refractivity contribution in [3.63, 3.8) is 0 Å². The summed E-state index contributed by atoms with van der Waals surface area (Å²) in [6.45, 7) is 2.31. The summed E-state index contributed by atoms with van der Waals surface area (Å²) in [6, 6.07) is 3.22. The van der Waals surface area contributed by atoms with Crippen LogP contribution in [0.1, 0.15) is 30.9 Å². The number of ether oxygens (including phenoxy) is 1. The Morgan fingerprint density at radius 1 is 1.30 bits per heavy atom. The van der Waals surface area contributed by atoms with E-state index in [0.717, 1.165) is 12.8 Å². The number of hydrogen-bond acceptors (Lipinski definition) is 1. The summed E-state index contributed by atoms with van der Waals surface area (Å²) >= 11 is 1.77. The van der Waals surface area contributed by atoms with E-state index in [1.165, 1.54) is 0 Å². The van der Waals surface area contributed by atoms with Gasteiger partial charge in [0.1, 0.15) is 5.82 Å². The van der Waals surface area contributed by atoms with E-state index in [1.54, 1.807) is 34.7 Å². The third kappa shape index (κ3) is 2.26. The van der Waals surface area contributed by atoms with Crippen LogP contribution in [0.25, 0.3) is 0 Å². The van der Waals surface area contributed by atoms with Crippen LogP contribution in [0.15, 0.2) is 12.1 Å². The van der Waals surface area contributed by atoms with E-state index in [1.807, 2.05) is 6.92 Å². The van der Waals surface area contributed by atoms with Gasteiger partial charge in [-0.05, 0) is 66.3 Å². The predicted octanol–water partition coefficient (Wildman–Crippen LogP) is 4.51. The van der Waals surface area contributed by atoms with Crippen LogP contribution in [0.4, 0.5) is 13.2 Å². The molecule has 1 nitrogen and oxygen atoms in total. The summed E-state index contributed by atoms with van der Waals surface area (Å²) in [5.74, 6) is -4.86. The van der Waals surface area contributed by atoms with E-state index in [2.05, 4.69) is 0 Å². The van der Waals surface area contributed by atoms with Gasteiger partial charge in [0.2, 0.25) is 0 Å². The molecule has 0 aromatic heterocycles. The summed E-state index contributed by atoms with van der Waals surface area (Å²) in [5, 5.41) is 0. The molecule has 110 valence electrons. The fourth-order valence-electron chi connectivity index (χ4n) is 3.35. The molecular weight excluding hydrogens is 380 g/mol. The topological polar surface area (TPSA) is 9.23 Å². The van der Waals surface area contributed by atoms with Crippen LogP contribution in [0.2, 0.25) is 0 Å². The zero-order valence-electron chi connectivity index (χ0n) is 11.1. The molecule has 1 heterocycles. The van der Waals surface area contributed by atoms with Crippen LogP contribution in [-0.2, 0) is 17.1 Å². The van der Waals surface area contributed by atoms with Crippen LogP contribution in [-0.4, -0.2) is 12.7 Å². The third-order valence-corrected chi connectivity index (χ3v) is 5.36. The van der Waals surface area contributed by atoms with Crippen LogP contribution in [0.5, 0.6) is 0 Å². The van der Waals surface area contributed by atoms with Gasteiger partial charge in [-0.3, -0.25) is 0 Å². The molecule has 0 N–H and O–H groups in total. The Bertz CT molecular complexity index is 524. The molecule has 1 aromatic rings. The van der Waals surface area contributed by atoms with E-state index >= 15 is 0 Å². The summed E-state index contributed by atoms with van der Waals surface area (Å²) in [5.41, 5.74) is 0.0737. The number of fused-ring (bicyclic) bond motifs is 1. The van der Waals surface area contributed by atoms with Gasteiger partial charge in [-0.2, -0.15) is 0 Å². The van der Waals surface area contributed by atoms with Crippen molar-refractivity contribution in [2.75, 3.05) is 6.61 Å². The quantitative estimate of drug-likeness (QED) is 0.635. The number of alkyl halides is 2. The lowest BCUT2D eigenvalue weighted by atomic mass is 9.82. The lowest BCUT2D eigenvalue weighted by Crippen LogP contribution is -2.36. The van der Waals surface area contributed by atoms with Crippen LogP contribution < -0.4 is 0 Å². The van der Waals surface area contributed by atoms with Gasteiger partial charge >= 0.3 is 0 Å². The van der Waals surface area contributed by atoms with Crippen LogP contribution >= 0.6 is 22.6 Å². The van der Waals surface area contributed by atoms with Gasteiger partial charge in [0.25, 0.3) is 5.92 Å². The van der Waals surface area contributed by atoms with Crippen molar-refractivity contribution < 1.29 is 17.9 Å². The minimum absolute atomic E-state index is 0.140. The zero-order valence-corrected chi connectivity index (χ0v) is 13.3. The first-order chi connectivity index (χ1) is 9.41. The highest BCUT2D eigenvalue weighted by molar-refractivity contribution is 14.1. The third-order valence-electron chi connectivity index (χ3n) is 4.53. The standard InChI is InChI=1S/C15H16F3IO/c1-8-2-3-10(7-20-8)11-6-9-4-5-12(19)14(16)13(9)15(11,17)18/h4-5,8,10-11H,2-3,6-7H2,1H3. The largest absolute Gasteiger partial charge is 0.378 e. The van der Waals surface area contributed by atoms with E-state index in [9.17, 15) is 13.2 Å². The van der Waals surface area contributed by atoms with Gasteiger partial charge in [0, 0.05) is 9.49 Å². The average Bonchev–Trinajstić information content (AvgIpc) is 2.67. The van der Waals surface area contributed by atoms with Crippen molar-refractivity contribution in [1.82, 2.24) is 0 Å². The maximum atomic E-state index is 14.6. The Balaban J connectivity index is 1.92. The molecule has 0 spiro atoms. The van der Waals surface area contributed by atoms with Crippen molar-refractivity contribution >= 4 is 22.6 Å². The molecule has 3 atom stereocenters. The minimum atomic E-state index is -3.09. The van der Waals surface area contributed by atoms with Crippen molar-refractivity contribution in [2.45, 2.75) is 38.2 Å². The van der Waals surface area contributed by atoms with Crippen molar-refractivity contribution in [1.29, 1.82) is 0 Å². The summed E-state index contributed by atoms with van der Waals surface area (Å²) in [7, 11) is 0. The van der Waals surface area contributed by atoms with Crippen LogP contribution in [0, 0.1) is 21.2 Å². The fourth-order valence-corrected chi connectivity index (χ4v) is 3.80. The molecular formula is C15H16F3IO. The Morgan fingerprint density at radius 2 is 2.05 bits per heavy atom. The number of hydrogen-bond donors (Lipinski definition) is 0. The minimum Gasteiger partial charge on any atom is -0.378 e. The van der Waals surface area contributed by atoms with Gasteiger partial charge in [-0.25, -0.2) is 13.2 Å². The summed E-state index contributed by atoms with van der Waals surface area (Å²) in [6.07, 6.45) is 1.92. The van der Waals surface area contributed by atoms with Crippen molar-refractivity contribution in [3.05, 3.63) is 32.6 Å². The Kier molecular flexibility index (Phi) is 3.77. The second-order valence-corrected chi connectivity index (χ2v) is 6.97. The molecule has 5 heteroatoms. The SMILES string of the molecule is CC1CCC(C2Cc3ccc(I)c(F)c3C2(F)F)CO1. The lowest BCUT2D eigenvalue weighted by Gasteiger charge is -2.33. The van der Waals surface area contributed by atoms with E-state index in [4.69, 9.17) is 4.74 Å². The predicted molar refractivity (Wildman–Crippen MR) is 78.3 cm³/mol. The molecule has 3 rings (SSSR count). The number of benzene rings is 1. The maximum Gasteiger partial charge on any atom is 0.279 e. The lowest BCUT2D eigenvalue weighted by molar-refractivity contribution is -0.112. The number of rotatable bonds is 1. The van der Waals surface area contributed by atoms with Crippen molar-refractivity contribution in [3.8, 4) is 0 Å². The molecule has 3 unspecified atom stereocenters. The van der Waals surface area contributed by atoms with Gasteiger partial charge in [-0.1, -0.05) is 6.07 Å². The molecule has 1 saturated heterocycles. The summed E-state index contributed by atoms with van der Waals surface area (Å²) < 4.78 is 49.1. The molecule has 0 saturated carbocycles. The first-order valence-corrected chi connectivity index (χ1v) is 7.96. The zero-order chi connectivity index (χ0) is 14.5. The van der Waals surface area contributed by atoms with E-state index < -0.39 is 17.7 Å². The second-order valence-electron chi connectivity index (χ2n) is 5.81. The maximum absolute atomic E-state index is 14.6. The molecule has 20 heavy (non-hydrogen) atoms. The molecule has 1 aromatic carbocycles. The first-order valence-electron chi connectivity index (χ1n) is 6.88. The summed E-state index contributed by atoms with van der Waals surface area (Å²) in [4.78, 5) is 0. The monoisotopic (exact) mass is 396 g/mol. The van der Waals surface area contributed by atoms with Gasteiger partial charge in [0.05, 0.1) is 18.3 Å². The molecule has 0 bridgehead atoms. The van der Waals surface area contributed by atoms with Gasteiger partial charge in [-0.15, -0.1) is 0 Å². The fraction of sp³-hybridized carbons (Fsp3) is 0.600. The normalized spacial score (nSPS) is 32.1. The van der Waals surface area contributed by atoms with Gasteiger partial charge < -0.3 is 4.74 Å². The Morgan fingerprint density at radius 3 is 2.70 bits per heavy atom. The average molecular weight is 396 g/mol. The Hall–Kier alpha value is -0.300. The molecule has 1 fully saturated rings. The van der Waals surface area contributed by atoms with Crippen molar-refractivity contribution in [2.24, 2.45) is 11.8 Å². The van der Waals surface area contributed by atoms with Crippen LogP contribution in [0.3, 0.4) is 0 Å². The highest BCUT2D eigenvalue weighted by Gasteiger charge is 2.53. The smallest absolute Gasteiger partial charge is 0.279 e. The molecule has 1 aliphatic carbocycles. The van der Waals surface area contributed by atoms with Gasteiger partial charge in [0.15, 0.2) is 0 Å². The Labute approximate surface area is 130 Å². The second kappa shape index (κ2) is 5.16. The highest BCUT2D eigenvalue weighted by Crippen LogP contribution is 2.52. The van der Waals surface area contributed by atoms with E-state index in [0.29, 0.717) is 12.2 Å². The first kappa shape index (κ1) is 14.6. The molecule has 0 radical (unpaired) electrons. The van der Waals surface area contributed by atoms with E-state index in [-0.39, 0.29) is 27.6 Å². The molecule has 0 amide bonds. The number of halogens is 4.